The van der Waals surface area contributed by atoms with Crippen LogP contribution in [0.4, 0.5) is 4.39 Å². The molecule has 59 heavy (non-hydrogen) atoms. The van der Waals surface area contributed by atoms with E-state index in [-0.39, 0.29) is 48.2 Å². The van der Waals surface area contributed by atoms with Crippen molar-refractivity contribution in [2.75, 3.05) is 0 Å². The lowest BCUT2D eigenvalue weighted by molar-refractivity contribution is -0.138. The third-order valence-corrected chi connectivity index (χ3v) is 9.25. The van der Waals surface area contributed by atoms with Gasteiger partial charge in [0.05, 0.1) is 0 Å². The number of halogens is 5. The van der Waals surface area contributed by atoms with E-state index in [0.29, 0.717) is 27.1 Å². The topological polar surface area (TPSA) is 268 Å². The van der Waals surface area contributed by atoms with Crippen molar-refractivity contribution in [2.45, 2.75) is 50.4 Å². The first-order chi connectivity index (χ1) is 27.4. The third-order valence-electron chi connectivity index (χ3n) is 8.14. The molecule has 0 saturated carbocycles. The van der Waals surface area contributed by atoms with Crippen molar-refractivity contribution in [1.29, 1.82) is 0 Å². The first-order valence-corrected chi connectivity index (χ1v) is 18.3. The summed E-state index contributed by atoms with van der Waals surface area (Å²) in [5.74, 6) is -5.67. The van der Waals surface area contributed by atoms with E-state index in [9.17, 15) is 33.5 Å². The highest BCUT2D eigenvalue weighted by Gasteiger charge is 2.30. The number of carbonyl (C=O) groups is 5. The standard InChI is InChI=1S/C21H17ClFN3O4.C10H13ClN2O2.C9H10ClNO2.ClH/c1-11-25-17(13-7-3-5-9-15(13)23)19(30-11)21(29)26-16(18(27)20(24)28)10-12-6-2-4-8-14(12)22;11-7-4-2-1-3-6(7)5-8(12)9(14)10(13)15;10-7-4-2-1-3-6(7)5-8(11)9(12)13;/h2-9,16H,10H2,1H3,(H2,24,28)(H,26,29);1-4,8-9,14H,5,12H2,(H2,13,15);1-4,8H,5,11H2,(H,12,13);1H. The van der Waals surface area contributed by atoms with E-state index < -0.39 is 59.5 Å². The second-order valence-electron chi connectivity index (χ2n) is 12.5. The number of hydrogen-bond acceptors (Lipinski definition) is 10. The van der Waals surface area contributed by atoms with E-state index in [1.807, 2.05) is 6.07 Å². The van der Waals surface area contributed by atoms with Gasteiger partial charge in [-0.25, -0.2) is 9.37 Å². The second kappa shape index (κ2) is 23.9. The maximum Gasteiger partial charge on any atom is 0.320 e. The number of primary amides is 2. The van der Waals surface area contributed by atoms with Gasteiger partial charge in [0.15, 0.2) is 5.89 Å². The Kier molecular flexibility index (Phi) is 20.1. The lowest BCUT2D eigenvalue weighted by Crippen LogP contribution is -2.47. The highest BCUT2D eigenvalue weighted by Crippen LogP contribution is 2.27. The Morgan fingerprint density at radius 2 is 1.22 bits per heavy atom. The number of aliphatic carboxylic acids is 1. The number of nitrogens with zero attached hydrogens (tertiary/aromatic N) is 1. The van der Waals surface area contributed by atoms with Crippen LogP contribution in [0, 0.1) is 12.7 Å². The summed E-state index contributed by atoms with van der Waals surface area (Å²) in [6.07, 6.45) is -0.852. The molecule has 0 radical (unpaired) electrons. The number of carboxylic acid groups (broad SMARTS) is 1. The summed E-state index contributed by atoms with van der Waals surface area (Å²) in [7, 11) is 0. The summed E-state index contributed by atoms with van der Waals surface area (Å²) in [6.45, 7) is 1.50. The largest absolute Gasteiger partial charge is 0.480 e. The SMILES string of the molecule is Cc1nc(-c2ccccc2F)c(C(=O)NC(Cc2ccccc2Cl)C(=O)C(N)=O)o1.Cl.NC(=O)C(O)C(N)Cc1ccccc1Cl.NC(Cc1ccccc1Cl)C(=O)O. The Bertz CT molecular complexity index is 2240. The number of ketones is 1. The smallest absolute Gasteiger partial charge is 0.320 e. The number of benzene rings is 4. The van der Waals surface area contributed by atoms with Crippen LogP contribution >= 0.6 is 47.2 Å². The molecule has 5 aromatic rings. The molecule has 3 amide bonds. The molecule has 4 unspecified atom stereocenters. The molecule has 0 aliphatic heterocycles. The summed E-state index contributed by atoms with van der Waals surface area (Å²) >= 11 is 17.8. The number of aryl methyl sites for hydroxylation is 1. The number of nitrogens with two attached hydrogens (primary N) is 4. The number of nitrogens with one attached hydrogen (secondary N) is 1. The van der Waals surface area contributed by atoms with E-state index in [1.54, 1.807) is 72.8 Å². The number of oxazole rings is 1. The zero-order valence-electron chi connectivity index (χ0n) is 31.2. The molecular formula is C40H41Cl4FN6O8. The molecule has 4 atom stereocenters. The molecule has 4 aromatic carbocycles. The number of amides is 3. The Hall–Kier alpha value is -5.39. The van der Waals surface area contributed by atoms with Crippen LogP contribution in [0.1, 0.15) is 33.1 Å². The molecule has 19 heteroatoms. The Balaban J connectivity index is 0.000000345. The van der Waals surface area contributed by atoms with Gasteiger partial charge in [0, 0.05) is 40.0 Å². The van der Waals surface area contributed by atoms with E-state index >= 15 is 0 Å². The summed E-state index contributed by atoms with van der Waals surface area (Å²) in [5.41, 5.74) is 23.1. The molecule has 14 nitrogen and oxygen atoms in total. The van der Waals surface area contributed by atoms with Gasteiger partial charge in [-0.05, 0) is 59.9 Å². The zero-order chi connectivity index (χ0) is 43.1. The van der Waals surface area contributed by atoms with Crippen molar-refractivity contribution < 1.29 is 43.0 Å². The van der Waals surface area contributed by atoms with Crippen molar-refractivity contribution in [2.24, 2.45) is 22.9 Å². The molecule has 314 valence electrons. The quantitative estimate of drug-likeness (QED) is 0.0757. The van der Waals surface area contributed by atoms with E-state index in [4.69, 9.17) is 67.3 Å². The number of hydrogen-bond donors (Lipinski definition) is 7. The Labute approximate surface area is 359 Å². The molecule has 5 rings (SSSR count). The van der Waals surface area contributed by atoms with Crippen molar-refractivity contribution in [3.63, 3.8) is 0 Å². The number of rotatable bonds is 14. The predicted molar refractivity (Wildman–Crippen MR) is 224 cm³/mol. The van der Waals surface area contributed by atoms with E-state index in [1.165, 1.54) is 25.1 Å². The average Bonchev–Trinajstić information content (AvgIpc) is 3.58. The normalized spacial score (nSPS) is 12.4. The van der Waals surface area contributed by atoms with Gasteiger partial charge in [0.2, 0.25) is 17.5 Å². The summed E-state index contributed by atoms with van der Waals surface area (Å²) in [4.78, 5) is 61.9. The highest BCUT2D eigenvalue weighted by molar-refractivity contribution is 6.38. The molecule has 0 spiro atoms. The van der Waals surface area contributed by atoms with Crippen LogP contribution in [0.2, 0.25) is 15.1 Å². The van der Waals surface area contributed by atoms with Crippen LogP contribution in [0.3, 0.4) is 0 Å². The number of carbonyl (C=O) groups excluding carboxylic acids is 4. The maximum absolute atomic E-state index is 14.2. The van der Waals surface area contributed by atoms with Gasteiger partial charge < -0.3 is 42.9 Å². The van der Waals surface area contributed by atoms with Crippen LogP contribution in [0.25, 0.3) is 11.3 Å². The monoisotopic (exact) mass is 892 g/mol. The fourth-order valence-electron chi connectivity index (χ4n) is 5.13. The molecule has 0 aliphatic rings. The molecule has 1 aromatic heterocycles. The van der Waals surface area contributed by atoms with Gasteiger partial charge in [0.1, 0.15) is 29.7 Å². The van der Waals surface area contributed by atoms with Crippen LogP contribution in [-0.4, -0.2) is 68.9 Å². The van der Waals surface area contributed by atoms with Crippen molar-refractivity contribution >= 4 is 76.7 Å². The van der Waals surface area contributed by atoms with Gasteiger partial charge in [-0.2, -0.15) is 0 Å². The van der Waals surface area contributed by atoms with Crippen LogP contribution < -0.4 is 28.3 Å². The van der Waals surface area contributed by atoms with Gasteiger partial charge >= 0.3 is 5.97 Å². The van der Waals surface area contributed by atoms with Gasteiger partial charge in [-0.15, -0.1) is 12.4 Å². The maximum atomic E-state index is 14.2. The Morgan fingerprint density at radius 3 is 1.68 bits per heavy atom. The van der Waals surface area contributed by atoms with Gasteiger partial charge in [-0.3, -0.25) is 24.0 Å². The van der Waals surface area contributed by atoms with Gasteiger partial charge in [0.25, 0.3) is 11.8 Å². The van der Waals surface area contributed by atoms with E-state index in [2.05, 4.69) is 10.3 Å². The van der Waals surface area contributed by atoms with Crippen molar-refractivity contribution in [1.82, 2.24) is 10.3 Å². The minimum Gasteiger partial charge on any atom is -0.480 e. The van der Waals surface area contributed by atoms with Gasteiger partial charge in [-0.1, -0.05) is 102 Å². The third kappa shape index (κ3) is 15.1. The minimum atomic E-state index is -1.35. The van der Waals surface area contributed by atoms with Crippen LogP contribution in [0.15, 0.2) is 101 Å². The summed E-state index contributed by atoms with van der Waals surface area (Å²) < 4.78 is 19.6. The lowest BCUT2D eigenvalue weighted by Gasteiger charge is -2.16. The summed E-state index contributed by atoms with van der Waals surface area (Å²) in [6, 6.07) is 23.7. The van der Waals surface area contributed by atoms with Crippen LogP contribution in [0.5, 0.6) is 0 Å². The molecule has 0 fully saturated rings. The fraction of sp³-hybridized carbons (Fsp3) is 0.200. The molecule has 1 heterocycles. The van der Waals surface area contributed by atoms with Crippen molar-refractivity contribution in [3.8, 4) is 11.3 Å². The number of aliphatic hydroxyl groups excluding tert-OH is 1. The van der Waals surface area contributed by atoms with Crippen LogP contribution in [-0.2, 0) is 38.4 Å². The fourth-order valence-corrected chi connectivity index (χ4v) is 5.77. The lowest BCUT2D eigenvalue weighted by atomic mass is 10.0. The molecule has 0 aliphatic carbocycles. The number of aromatic nitrogens is 1. The first-order valence-electron chi connectivity index (χ1n) is 17.2. The molecule has 0 bridgehead atoms. The molecule has 11 N–H and O–H groups in total. The molecular weight excluding hydrogens is 853 g/mol. The van der Waals surface area contributed by atoms with Crippen molar-refractivity contribution in [3.05, 3.63) is 146 Å². The second-order valence-corrected chi connectivity index (χ2v) is 13.7. The number of aliphatic hydroxyl groups is 1. The Morgan fingerprint density at radius 1 is 0.763 bits per heavy atom. The summed E-state index contributed by atoms with van der Waals surface area (Å²) in [5, 5.41) is 21.8. The number of Topliss-reactive ketones (excluding diaryl/α,β-unsaturated/α-hetero) is 1. The minimum absolute atomic E-state index is 0. The number of carboxylic acids is 1. The predicted octanol–water partition coefficient (Wildman–Crippen LogP) is 4.61. The molecule has 0 saturated heterocycles. The first kappa shape index (κ1) is 49.8. The highest BCUT2D eigenvalue weighted by atomic mass is 35.5. The zero-order valence-corrected chi connectivity index (χ0v) is 34.3. The van der Waals surface area contributed by atoms with E-state index in [0.717, 1.165) is 11.1 Å². The average molecular weight is 895 g/mol.